The van der Waals surface area contributed by atoms with Crippen LogP contribution in [0.5, 0.6) is 0 Å². The molecule has 11 heteroatoms. The molecular weight excluding hydrogens is 493 g/mol. The number of Topliss-reactive ketones (excluding diaryl/α,β-unsaturated/α-hetero) is 1. The number of carbonyl (C=O) groups is 2. The molecule has 0 saturated heterocycles. The first-order chi connectivity index (χ1) is 16.5. The van der Waals surface area contributed by atoms with Gasteiger partial charge in [-0.3, -0.25) is 9.59 Å². The number of nitrogens with one attached hydrogen (secondary N) is 1. The molecule has 1 N–H and O–H groups in total. The summed E-state index contributed by atoms with van der Waals surface area (Å²) in [5, 5.41) is 2.47. The summed E-state index contributed by atoms with van der Waals surface area (Å²) in [7, 11) is -3.84. The van der Waals surface area contributed by atoms with E-state index in [2.05, 4.69) is 5.32 Å². The molecule has 1 amide bonds. The summed E-state index contributed by atoms with van der Waals surface area (Å²) in [6, 6.07) is 11.3. The average molecular weight is 509 g/mol. The van der Waals surface area contributed by atoms with Crippen LogP contribution in [0, 0.1) is 35.0 Å². The predicted octanol–water partition coefficient (Wildman–Crippen LogP) is 4.39. The zero-order chi connectivity index (χ0) is 25.5. The number of rotatable bonds is 5. The fourth-order valence-electron chi connectivity index (χ4n) is 3.83. The molecule has 1 aliphatic rings. The SMILES string of the molecule is O=C(Nc1ccc(CCc2c(F)c(F)c(F)c(F)c2F)cc1)C1CS(=O)(=O)c2ccccc2C1=O. The number of carbonyl (C=O) groups excluding carboxylic acids is 2. The van der Waals surface area contributed by atoms with Crippen LogP contribution in [0.2, 0.25) is 0 Å². The van der Waals surface area contributed by atoms with E-state index in [0.29, 0.717) is 5.56 Å². The Kier molecular flexibility index (Phi) is 6.46. The van der Waals surface area contributed by atoms with E-state index in [9.17, 15) is 40.0 Å². The zero-order valence-corrected chi connectivity index (χ0v) is 18.6. The lowest BCUT2D eigenvalue weighted by Gasteiger charge is -2.22. The van der Waals surface area contributed by atoms with Crippen LogP contribution in [0.15, 0.2) is 53.4 Å². The molecule has 0 aliphatic carbocycles. The number of amides is 1. The number of ketones is 1. The fourth-order valence-corrected chi connectivity index (χ4v) is 5.54. The van der Waals surface area contributed by atoms with Gasteiger partial charge in [0, 0.05) is 16.8 Å². The highest BCUT2D eigenvalue weighted by atomic mass is 32.2. The van der Waals surface area contributed by atoms with Gasteiger partial charge in [-0.2, -0.15) is 0 Å². The third-order valence-corrected chi connectivity index (χ3v) is 7.49. The van der Waals surface area contributed by atoms with Gasteiger partial charge in [-0.15, -0.1) is 0 Å². The molecule has 35 heavy (non-hydrogen) atoms. The highest BCUT2D eigenvalue weighted by Crippen LogP contribution is 2.29. The molecule has 1 atom stereocenters. The molecule has 3 aromatic rings. The third-order valence-electron chi connectivity index (χ3n) is 5.69. The number of benzene rings is 3. The van der Waals surface area contributed by atoms with Crippen LogP contribution in [0.3, 0.4) is 0 Å². The lowest BCUT2D eigenvalue weighted by atomic mass is 9.97. The number of hydrogen-bond donors (Lipinski definition) is 1. The van der Waals surface area contributed by atoms with Gasteiger partial charge in [0.15, 0.2) is 38.9 Å². The van der Waals surface area contributed by atoms with E-state index in [1.807, 2.05) is 0 Å². The largest absolute Gasteiger partial charge is 0.325 e. The van der Waals surface area contributed by atoms with E-state index >= 15 is 0 Å². The normalized spacial score (nSPS) is 16.6. The van der Waals surface area contributed by atoms with Gasteiger partial charge in [-0.1, -0.05) is 30.3 Å². The van der Waals surface area contributed by atoms with Gasteiger partial charge in [0.1, 0.15) is 5.92 Å². The highest BCUT2D eigenvalue weighted by Gasteiger charge is 2.40. The Morgan fingerprint density at radius 2 is 1.40 bits per heavy atom. The Bertz CT molecular complexity index is 1430. The Hall–Kier alpha value is -3.60. The van der Waals surface area contributed by atoms with Crippen LogP contribution < -0.4 is 5.32 Å². The minimum absolute atomic E-state index is 0.0534. The maximum atomic E-state index is 13.8. The zero-order valence-electron chi connectivity index (χ0n) is 17.7. The number of fused-ring (bicyclic) bond motifs is 1. The highest BCUT2D eigenvalue weighted by molar-refractivity contribution is 7.91. The number of sulfone groups is 1. The number of halogens is 5. The Morgan fingerprint density at radius 3 is 2.03 bits per heavy atom. The van der Waals surface area contributed by atoms with Crippen LogP contribution >= 0.6 is 0 Å². The molecular formula is C24H16F5NO4S. The molecule has 5 nitrogen and oxygen atoms in total. The van der Waals surface area contributed by atoms with Gasteiger partial charge in [0.2, 0.25) is 11.7 Å². The first-order valence-corrected chi connectivity index (χ1v) is 11.9. The maximum Gasteiger partial charge on any atom is 0.236 e. The van der Waals surface area contributed by atoms with Gasteiger partial charge in [-0.05, 0) is 36.6 Å². The summed E-state index contributed by atoms with van der Waals surface area (Å²) < 4.78 is 92.5. The Balaban J connectivity index is 1.45. The number of hydrogen-bond acceptors (Lipinski definition) is 4. The second-order valence-electron chi connectivity index (χ2n) is 7.93. The molecule has 182 valence electrons. The first-order valence-electron chi connectivity index (χ1n) is 10.3. The Labute approximate surface area is 196 Å². The van der Waals surface area contributed by atoms with Crippen molar-refractivity contribution >= 4 is 27.2 Å². The van der Waals surface area contributed by atoms with Crippen molar-refractivity contribution in [1.29, 1.82) is 0 Å². The van der Waals surface area contributed by atoms with Crippen molar-refractivity contribution in [1.82, 2.24) is 0 Å². The van der Waals surface area contributed by atoms with Crippen LogP contribution in [0.25, 0.3) is 0 Å². The van der Waals surface area contributed by atoms with E-state index in [0.717, 1.165) is 0 Å². The van der Waals surface area contributed by atoms with Crippen LogP contribution in [0.4, 0.5) is 27.6 Å². The van der Waals surface area contributed by atoms with Crippen molar-refractivity contribution in [3.63, 3.8) is 0 Å². The van der Waals surface area contributed by atoms with Crippen molar-refractivity contribution in [3.05, 3.63) is 94.3 Å². The second-order valence-corrected chi connectivity index (χ2v) is 9.93. The van der Waals surface area contributed by atoms with Crippen LogP contribution in [-0.4, -0.2) is 25.9 Å². The maximum absolute atomic E-state index is 13.8. The summed E-state index contributed by atoms with van der Waals surface area (Å²) in [5.41, 5.74) is -0.297. The number of anilines is 1. The fraction of sp³-hybridized carbons (Fsp3) is 0.167. The third kappa shape index (κ3) is 4.55. The van der Waals surface area contributed by atoms with Crippen molar-refractivity contribution in [3.8, 4) is 0 Å². The van der Waals surface area contributed by atoms with E-state index in [1.165, 1.54) is 48.5 Å². The van der Waals surface area contributed by atoms with E-state index < -0.39 is 74.3 Å². The van der Waals surface area contributed by atoms with E-state index in [4.69, 9.17) is 0 Å². The Morgan fingerprint density at radius 1 is 0.829 bits per heavy atom. The minimum atomic E-state index is -3.84. The quantitative estimate of drug-likeness (QED) is 0.240. The molecule has 1 aliphatic heterocycles. The monoisotopic (exact) mass is 509 g/mol. The first kappa shape index (κ1) is 24.5. The molecule has 0 bridgehead atoms. The molecule has 0 radical (unpaired) electrons. The molecule has 4 rings (SSSR count). The van der Waals surface area contributed by atoms with Crippen LogP contribution in [-0.2, 0) is 27.5 Å². The van der Waals surface area contributed by atoms with Gasteiger partial charge in [0.25, 0.3) is 0 Å². The minimum Gasteiger partial charge on any atom is -0.325 e. The lowest BCUT2D eigenvalue weighted by molar-refractivity contribution is -0.118. The second kappa shape index (κ2) is 9.21. The smallest absolute Gasteiger partial charge is 0.236 e. The van der Waals surface area contributed by atoms with E-state index in [-0.39, 0.29) is 22.6 Å². The average Bonchev–Trinajstić information content (AvgIpc) is 2.85. The lowest BCUT2D eigenvalue weighted by Crippen LogP contribution is -2.39. The summed E-state index contributed by atoms with van der Waals surface area (Å²) in [4.78, 5) is 25.2. The van der Waals surface area contributed by atoms with Crippen molar-refractivity contribution in [2.45, 2.75) is 17.7 Å². The van der Waals surface area contributed by atoms with Gasteiger partial charge >= 0.3 is 0 Å². The summed E-state index contributed by atoms with van der Waals surface area (Å²) in [6.07, 6.45) is -0.534. The van der Waals surface area contributed by atoms with Crippen molar-refractivity contribution in [2.24, 2.45) is 5.92 Å². The molecule has 0 fully saturated rings. The molecule has 0 aromatic heterocycles. The molecule has 0 saturated carbocycles. The molecule has 1 unspecified atom stereocenters. The number of aryl methyl sites for hydroxylation is 1. The summed E-state index contributed by atoms with van der Waals surface area (Å²) in [5.74, 6) is -13.6. The van der Waals surface area contributed by atoms with Gasteiger partial charge < -0.3 is 5.32 Å². The molecule has 0 spiro atoms. The predicted molar refractivity (Wildman–Crippen MR) is 115 cm³/mol. The molecule has 1 heterocycles. The van der Waals surface area contributed by atoms with Crippen molar-refractivity contribution in [2.75, 3.05) is 11.1 Å². The standard InChI is InChI=1S/C24H16F5NO4S/c25-18-15(19(26)21(28)22(29)20(18)27)10-7-12-5-8-13(9-6-12)30-24(32)16-11-35(33,34)17-4-2-1-3-14(17)23(16)31/h1-6,8-9,16H,7,10-11H2,(H,30,32). The molecule has 3 aromatic carbocycles. The van der Waals surface area contributed by atoms with Crippen molar-refractivity contribution < 1.29 is 40.0 Å². The summed E-state index contributed by atoms with van der Waals surface area (Å²) >= 11 is 0. The van der Waals surface area contributed by atoms with Gasteiger partial charge in [0.05, 0.1) is 10.6 Å². The van der Waals surface area contributed by atoms with Crippen LogP contribution in [0.1, 0.15) is 21.5 Å². The summed E-state index contributed by atoms with van der Waals surface area (Å²) in [6.45, 7) is 0. The topological polar surface area (TPSA) is 80.3 Å². The van der Waals surface area contributed by atoms with Gasteiger partial charge in [-0.25, -0.2) is 30.4 Å². The van der Waals surface area contributed by atoms with E-state index in [1.54, 1.807) is 0 Å².